The summed E-state index contributed by atoms with van der Waals surface area (Å²) >= 11 is 0. The molecule has 1 aromatic heterocycles. The lowest BCUT2D eigenvalue weighted by Crippen LogP contribution is -2.30. The maximum absolute atomic E-state index is 12.6. The first kappa shape index (κ1) is 23.8. The molecule has 35 heavy (non-hydrogen) atoms. The molecule has 0 spiro atoms. The lowest BCUT2D eigenvalue weighted by atomic mass is 9.99. The van der Waals surface area contributed by atoms with Crippen LogP contribution in [-0.2, 0) is 10.0 Å². The lowest BCUT2D eigenvalue weighted by Gasteiger charge is -2.20. The van der Waals surface area contributed by atoms with Crippen LogP contribution >= 0.6 is 0 Å². The van der Waals surface area contributed by atoms with E-state index >= 15 is 0 Å². The zero-order chi connectivity index (χ0) is 24.8. The van der Waals surface area contributed by atoms with Crippen molar-refractivity contribution in [3.63, 3.8) is 0 Å². The molecule has 4 rings (SSSR count). The van der Waals surface area contributed by atoms with Gasteiger partial charge in [-0.15, -0.1) is 4.83 Å². The van der Waals surface area contributed by atoms with Gasteiger partial charge in [-0.05, 0) is 30.2 Å². The van der Waals surface area contributed by atoms with E-state index in [-0.39, 0.29) is 16.5 Å². The van der Waals surface area contributed by atoms with Crippen LogP contribution in [0.5, 0.6) is 0 Å². The number of anilines is 2. The minimum atomic E-state index is -4.00. The van der Waals surface area contributed by atoms with Gasteiger partial charge in [0.1, 0.15) is 6.33 Å². The third-order valence-electron chi connectivity index (χ3n) is 5.19. The first-order chi connectivity index (χ1) is 16.8. The van der Waals surface area contributed by atoms with Crippen LogP contribution < -0.4 is 15.6 Å². The smallest absolute Gasteiger partial charge is 0.353 e. The van der Waals surface area contributed by atoms with Gasteiger partial charge in [-0.1, -0.05) is 78.4 Å². The van der Waals surface area contributed by atoms with E-state index in [9.17, 15) is 18.5 Å². The van der Waals surface area contributed by atoms with Crippen LogP contribution in [0.1, 0.15) is 22.7 Å². The Labute approximate surface area is 202 Å². The quantitative estimate of drug-likeness (QED) is 0.234. The normalized spacial score (nSPS) is 11.3. The fourth-order valence-electron chi connectivity index (χ4n) is 3.43. The SMILES string of the molecule is Cc1ccc(S(=O)(=O)NNc2ncnc(NC(c3ccccc3)c3ccccc3)c2[N+](=O)[O-])cc1. The Balaban J connectivity index is 1.66. The molecule has 0 saturated heterocycles. The highest BCUT2D eigenvalue weighted by atomic mass is 32.2. The average molecular weight is 491 g/mol. The number of hydrazine groups is 1. The Morgan fingerprint density at radius 2 is 1.37 bits per heavy atom. The predicted octanol–water partition coefficient (Wildman–Crippen LogP) is 4.20. The number of hydrogen-bond donors (Lipinski definition) is 3. The molecular formula is C24H22N6O4S. The highest BCUT2D eigenvalue weighted by Crippen LogP contribution is 2.33. The summed E-state index contributed by atoms with van der Waals surface area (Å²) in [6.07, 6.45) is 1.12. The molecule has 10 nitrogen and oxygen atoms in total. The number of nitrogens with zero attached hydrogens (tertiary/aromatic N) is 3. The predicted molar refractivity (Wildman–Crippen MR) is 132 cm³/mol. The highest BCUT2D eigenvalue weighted by Gasteiger charge is 2.27. The zero-order valence-electron chi connectivity index (χ0n) is 18.6. The zero-order valence-corrected chi connectivity index (χ0v) is 19.4. The fourth-order valence-corrected chi connectivity index (χ4v) is 4.27. The van der Waals surface area contributed by atoms with E-state index in [2.05, 4.69) is 25.5 Å². The average Bonchev–Trinajstić information content (AvgIpc) is 2.87. The number of aromatic nitrogens is 2. The molecular weight excluding hydrogens is 468 g/mol. The van der Waals surface area contributed by atoms with Crippen LogP contribution in [0.15, 0.2) is 96.2 Å². The standard InChI is InChI=1S/C24H22N6O4S/c1-17-12-14-20(15-13-17)35(33,34)29-28-24-22(30(31)32)23(25-16-26-24)27-21(18-8-4-2-5-9-18)19-10-6-3-7-11-19/h2-16,21,29H,1H3,(H2,25,26,27,28). The minimum absolute atomic E-state index is 0.00104. The largest absolute Gasteiger partial charge is 0.354 e. The first-order valence-electron chi connectivity index (χ1n) is 10.6. The van der Waals surface area contributed by atoms with Crippen molar-refractivity contribution >= 4 is 27.3 Å². The molecule has 3 N–H and O–H groups in total. The summed E-state index contributed by atoms with van der Waals surface area (Å²) < 4.78 is 25.3. The number of benzene rings is 3. The molecule has 0 aliphatic carbocycles. The van der Waals surface area contributed by atoms with Crippen LogP contribution in [0.2, 0.25) is 0 Å². The fraction of sp³-hybridized carbons (Fsp3) is 0.0833. The summed E-state index contributed by atoms with van der Waals surface area (Å²) in [5, 5.41) is 15.1. The second-order valence-corrected chi connectivity index (χ2v) is 9.30. The van der Waals surface area contributed by atoms with E-state index in [0.29, 0.717) is 0 Å². The topological polar surface area (TPSA) is 139 Å². The van der Waals surface area contributed by atoms with Crippen molar-refractivity contribution in [2.45, 2.75) is 17.9 Å². The maximum atomic E-state index is 12.6. The van der Waals surface area contributed by atoms with Gasteiger partial charge in [-0.25, -0.2) is 18.4 Å². The minimum Gasteiger partial charge on any atom is -0.353 e. The molecule has 0 bridgehead atoms. The van der Waals surface area contributed by atoms with E-state index in [4.69, 9.17) is 0 Å². The van der Waals surface area contributed by atoms with E-state index in [0.717, 1.165) is 23.0 Å². The van der Waals surface area contributed by atoms with Crippen molar-refractivity contribution in [1.29, 1.82) is 0 Å². The van der Waals surface area contributed by atoms with E-state index in [1.165, 1.54) is 12.1 Å². The van der Waals surface area contributed by atoms with Crippen molar-refractivity contribution < 1.29 is 13.3 Å². The van der Waals surface area contributed by atoms with Gasteiger partial charge in [0.05, 0.1) is 15.9 Å². The van der Waals surface area contributed by atoms with E-state index in [1.54, 1.807) is 12.1 Å². The van der Waals surface area contributed by atoms with Gasteiger partial charge in [0.25, 0.3) is 10.0 Å². The molecule has 0 fully saturated rings. The Morgan fingerprint density at radius 3 is 1.91 bits per heavy atom. The molecule has 4 aromatic rings. The molecule has 11 heteroatoms. The van der Waals surface area contributed by atoms with Gasteiger partial charge in [0.15, 0.2) is 0 Å². The molecule has 0 saturated carbocycles. The molecule has 178 valence electrons. The van der Waals surface area contributed by atoms with Crippen LogP contribution in [0.25, 0.3) is 0 Å². The Bertz CT molecular complexity index is 1380. The van der Waals surface area contributed by atoms with Crippen molar-refractivity contribution in [2.75, 3.05) is 10.7 Å². The van der Waals surface area contributed by atoms with Crippen LogP contribution in [-0.4, -0.2) is 23.3 Å². The second kappa shape index (κ2) is 10.3. The lowest BCUT2D eigenvalue weighted by molar-refractivity contribution is -0.383. The van der Waals surface area contributed by atoms with Crippen molar-refractivity contribution in [3.8, 4) is 0 Å². The molecule has 0 aliphatic rings. The summed E-state index contributed by atoms with van der Waals surface area (Å²) in [7, 11) is -4.00. The van der Waals surface area contributed by atoms with Crippen molar-refractivity contribution in [3.05, 3.63) is 118 Å². The molecule has 0 aliphatic heterocycles. The number of nitrogens with one attached hydrogen (secondary N) is 3. The molecule has 0 amide bonds. The summed E-state index contributed by atoms with van der Waals surface area (Å²) in [6, 6.07) is 24.5. The summed E-state index contributed by atoms with van der Waals surface area (Å²) in [5.41, 5.74) is 4.49. The highest BCUT2D eigenvalue weighted by molar-refractivity contribution is 7.89. The van der Waals surface area contributed by atoms with Gasteiger partial charge < -0.3 is 5.32 Å². The van der Waals surface area contributed by atoms with Gasteiger partial charge in [0.2, 0.25) is 11.6 Å². The summed E-state index contributed by atoms with van der Waals surface area (Å²) in [6.45, 7) is 1.83. The van der Waals surface area contributed by atoms with E-state index < -0.39 is 26.7 Å². The van der Waals surface area contributed by atoms with Gasteiger partial charge >= 0.3 is 5.69 Å². The van der Waals surface area contributed by atoms with Crippen molar-refractivity contribution in [1.82, 2.24) is 14.8 Å². The summed E-state index contributed by atoms with van der Waals surface area (Å²) in [4.78, 5) is 21.5. The van der Waals surface area contributed by atoms with Gasteiger partial charge in [-0.2, -0.15) is 0 Å². The van der Waals surface area contributed by atoms with Gasteiger partial charge in [0, 0.05) is 0 Å². The molecule has 0 unspecified atom stereocenters. The molecule has 0 atom stereocenters. The molecule has 1 heterocycles. The summed E-state index contributed by atoms with van der Waals surface area (Å²) in [5.74, 6) is -0.372. The monoisotopic (exact) mass is 490 g/mol. The second-order valence-electron chi connectivity index (χ2n) is 7.62. The first-order valence-corrected chi connectivity index (χ1v) is 12.0. The molecule has 0 radical (unpaired) electrons. The van der Waals surface area contributed by atoms with E-state index in [1.807, 2.05) is 67.6 Å². The number of sulfonamides is 1. The van der Waals surface area contributed by atoms with Crippen LogP contribution in [0.3, 0.4) is 0 Å². The maximum Gasteiger partial charge on any atom is 0.354 e. The van der Waals surface area contributed by atoms with Gasteiger partial charge in [-0.3, -0.25) is 15.5 Å². The number of nitro groups is 1. The number of aryl methyl sites for hydroxylation is 1. The third kappa shape index (κ3) is 5.60. The number of rotatable bonds is 9. The van der Waals surface area contributed by atoms with Crippen LogP contribution in [0, 0.1) is 17.0 Å². The Hall–Kier alpha value is -4.35. The number of hydrogen-bond acceptors (Lipinski definition) is 8. The van der Waals surface area contributed by atoms with Crippen molar-refractivity contribution in [2.24, 2.45) is 0 Å². The Morgan fingerprint density at radius 1 is 0.829 bits per heavy atom. The Kier molecular flexibility index (Phi) is 6.99. The van der Waals surface area contributed by atoms with Crippen LogP contribution in [0.4, 0.5) is 17.3 Å². The third-order valence-corrected chi connectivity index (χ3v) is 6.45. The molecule has 3 aromatic carbocycles.